The van der Waals surface area contributed by atoms with Crippen LogP contribution in [-0.4, -0.2) is 45.7 Å². The minimum Gasteiger partial charge on any atom is -0.378 e. The van der Waals surface area contributed by atoms with Gasteiger partial charge in [-0.2, -0.15) is 0 Å². The standard InChI is InChI=1S/C17H30N4O/c1-6-22-15-10-14(17(15)8-7-9-17)20(5)11-13-12-21(19-18-13)16(2,3)4/h12,14-15H,6-11H2,1-5H3/t14-,15-/m1/s1. The van der Waals surface area contributed by atoms with Gasteiger partial charge in [-0.3, -0.25) is 4.90 Å². The summed E-state index contributed by atoms with van der Waals surface area (Å²) in [7, 11) is 2.23. The van der Waals surface area contributed by atoms with E-state index < -0.39 is 0 Å². The Hall–Kier alpha value is -0.940. The Morgan fingerprint density at radius 3 is 2.64 bits per heavy atom. The lowest BCUT2D eigenvalue weighted by Gasteiger charge is -2.63. The maximum atomic E-state index is 5.96. The summed E-state index contributed by atoms with van der Waals surface area (Å²) in [6.45, 7) is 10.3. The molecule has 1 aromatic heterocycles. The highest BCUT2D eigenvalue weighted by Gasteiger charge is 2.60. The highest BCUT2D eigenvalue weighted by atomic mass is 16.5. The number of hydrogen-bond acceptors (Lipinski definition) is 4. The van der Waals surface area contributed by atoms with Gasteiger partial charge in [0, 0.05) is 24.6 Å². The Morgan fingerprint density at radius 1 is 1.41 bits per heavy atom. The van der Waals surface area contributed by atoms with Crippen molar-refractivity contribution < 1.29 is 4.74 Å². The normalized spacial score (nSPS) is 27.0. The van der Waals surface area contributed by atoms with Gasteiger partial charge < -0.3 is 4.74 Å². The van der Waals surface area contributed by atoms with Crippen LogP contribution >= 0.6 is 0 Å². The van der Waals surface area contributed by atoms with E-state index in [1.807, 2.05) is 4.68 Å². The lowest BCUT2D eigenvalue weighted by atomic mass is 9.50. The van der Waals surface area contributed by atoms with Crippen molar-refractivity contribution >= 4 is 0 Å². The largest absolute Gasteiger partial charge is 0.378 e. The number of rotatable bonds is 5. The van der Waals surface area contributed by atoms with Gasteiger partial charge in [0.2, 0.25) is 0 Å². The molecule has 0 aliphatic heterocycles. The van der Waals surface area contributed by atoms with Crippen LogP contribution in [0.2, 0.25) is 0 Å². The summed E-state index contributed by atoms with van der Waals surface area (Å²) in [5.74, 6) is 0. The molecule has 1 aromatic rings. The van der Waals surface area contributed by atoms with Crippen molar-refractivity contribution in [2.75, 3.05) is 13.7 Å². The third-order valence-electron chi connectivity index (χ3n) is 5.57. The molecular formula is C17H30N4O. The molecule has 0 aromatic carbocycles. The molecule has 5 heteroatoms. The molecule has 1 spiro atoms. The van der Waals surface area contributed by atoms with Crippen molar-refractivity contribution in [1.82, 2.24) is 19.9 Å². The van der Waals surface area contributed by atoms with Crippen LogP contribution in [0.1, 0.15) is 59.1 Å². The molecule has 1 heterocycles. The number of hydrogen-bond donors (Lipinski definition) is 0. The van der Waals surface area contributed by atoms with Crippen molar-refractivity contribution in [3.05, 3.63) is 11.9 Å². The van der Waals surface area contributed by atoms with Crippen LogP contribution in [0.5, 0.6) is 0 Å². The predicted molar refractivity (Wildman–Crippen MR) is 86.6 cm³/mol. The third-order valence-corrected chi connectivity index (χ3v) is 5.57. The second kappa shape index (κ2) is 5.60. The molecule has 2 fully saturated rings. The first-order valence-electron chi connectivity index (χ1n) is 8.60. The quantitative estimate of drug-likeness (QED) is 0.839. The smallest absolute Gasteiger partial charge is 0.0967 e. The molecule has 2 aliphatic rings. The van der Waals surface area contributed by atoms with Crippen LogP contribution in [0.15, 0.2) is 6.20 Å². The zero-order valence-electron chi connectivity index (χ0n) is 14.7. The fraction of sp³-hybridized carbons (Fsp3) is 0.882. The van der Waals surface area contributed by atoms with Crippen molar-refractivity contribution in [1.29, 1.82) is 0 Å². The monoisotopic (exact) mass is 306 g/mol. The maximum Gasteiger partial charge on any atom is 0.0967 e. The van der Waals surface area contributed by atoms with E-state index in [-0.39, 0.29) is 5.54 Å². The van der Waals surface area contributed by atoms with Gasteiger partial charge in [-0.15, -0.1) is 5.10 Å². The molecule has 2 aliphatic carbocycles. The summed E-state index contributed by atoms with van der Waals surface area (Å²) in [4.78, 5) is 2.46. The topological polar surface area (TPSA) is 43.2 Å². The van der Waals surface area contributed by atoms with E-state index in [4.69, 9.17) is 4.74 Å². The highest BCUT2D eigenvalue weighted by molar-refractivity contribution is 5.13. The molecule has 3 rings (SSSR count). The van der Waals surface area contributed by atoms with Crippen LogP contribution < -0.4 is 0 Å². The Morgan fingerprint density at radius 2 is 2.14 bits per heavy atom. The summed E-state index contributed by atoms with van der Waals surface area (Å²) >= 11 is 0. The molecule has 2 atom stereocenters. The van der Waals surface area contributed by atoms with E-state index in [1.165, 1.54) is 19.3 Å². The predicted octanol–water partition coefficient (Wildman–Crippen LogP) is 2.81. The minimum atomic E-state index is -0.00442. The first kappa shape index (κ1) is 15.9. The van der Waals surface area contributed by atoms with Crippen molar-refractivity contribution in [2.45, 2.75) is 77.6 Å². The fourth-order valence-corrected chi connectivity index (χ4v) is 4.08. The zero-order valence-corrected chi connectivity index (χ0v) is 14.7. The molecule has 0 saturated heterocycles. The van der Waals surface area contributed by atoms with Gasteiger partial charge >= 0.3 is 0 Å². The minimum absolute atomic E-state index is 0.00442. The van der Waals surface area contributed by atoms with Gasteiger partial charge in [0.05, 0.1) is 23.5 Å². The molecule has 0 amide bonds. The summed E-state index contributed by atoms with van der Waals surface area (Å²) in [5.41, 5.74) is 1.48. The number of nitrogens with zero attached hydrogens (tertiary/aromatic N) is 4. The highest BCUT2D eigenvalue weighted by Crippen LogP contribution is 2.59. The summed E-state index contributed by atoms with van der Waals surface area (Å²) in [5, 5.41) is 8.62. The molecule has 5 nitrogen and oxygen atoms in total. The average Bonchev–Trinajstić information content (AvgIpc) is 2.80. The van der Waals surface area contributed by atoms with Crippen LogP contribution in [0.4, 0.5) is 0 Å². The molecule has 2 saturated carbocycles. The fourth-order valence-electron chi connectivity index (χ4n) is 4.08. The molecule has 0 N–H and O–H groups in total. The second-order valence-corrected chi connectivity index (χ2v) is 8.02. The van der Waals surface area contributed by atoms with Crippen LogP contribution in [0.3, 0.4) is 0 Å². The average molecular weight is 306 g/mol. The van der Waals surface area contributed by atoms with Gasteiger partial charge in [0.1, 0.15) is 0 Å². The second-order valence-electron chi connectivity index (χ2n) is 8.02. The number of ether oxygens (including phenoxy) is 1. The van der Waals surface area contributed by atoms with Gasteiger partial charge in [0.25, 0.3) is 0 Å². The first-order valence-corrected chi connectivity index (χ1v) is 8.60. The maximum absolute atomic E-state index is 5.96. The SMILES string of the molecule is CCO[C@@H]1C[C@@H](N(C)Cc2cn(C(C)(C)C)nn2)C12CCC2. The van der Waals surface area contributed by atoms with Crippen LogP contribution in [-0.2, 0) is 16.8 Å². The van der Waals surface area contributed by atoms with Crippen LogP contribution in [0, 0.1) is 5.41 Å². The van der Waals surface area contributed by atoms with E-state index in [0.717, 1.165) is 25.3 Å². The lowest BCUT2D eigenvalue weighted by Crippen LogP contribution is -2.66. The third kappa shape index (κ3) is 2.58. The van der Waals surface area contributed by atoms with Crippen molar-refractivity contribution in [3.8, 4) is 0 Å². The first-order chi connectivity index (χ1) is 10.4. The Kier molecular flexibility index (Phi) is 4.06. The summed E-state index contributed by atoms with van der Waals surface area (Å²) in [6.07, 6.45) is 7.72. The zero-order chi connectivity index (χ0) is 16.0. The Balaban J connectivity index is 1.63. The molecule has 0 bridgehead atoms. The van der Waals surface area contributed by atoms with Crippen molar-refractivity contribution in [2.24, 2.45) is 5.41 Å². The van der Waals surface area contributed by atoms with E-state index >= 15 is 0 Å². The van der Waals surface area contributed by atoms with E-state index in [0.29, 0.717) is 17.6 Å². The Bertz CT molecular complexity index is 515. The molecule has 0 radical (unpaired) electrons. The van der Waals surface area contributed by atoms with E-state index in [2.05, 4.69) is 56.2 Å². The lowest BCUT2D eigenvalue weighted by molar-refractivity contribution is -0.201. The molecule has 0 unspecified atom stereocenters. The summed E-state index contributed by atoms with van der Waals surface area (Å²) in [6, 6.07) is 0.637. The molecule has 22 heavy (non-hydrogen) atoms. The van der Waals surface area contributed by atoms with Crippen LogP contribution in [0.25, 0.3) is 0 Å². The number of aromatic nitrogens is 3. The van der Waals surface area contributed by atoms with Gasteiger partial charge in [-0.05, 0) is 54.0 Å². The van der Waals surface area contributed by atoms with Gasteiger partial charge in [0.15, 0.2) is 0 Å². The van der Waals surface area contributed by atoms with E-state index in [9.17, 15) is 0 Å². The van der Waals surface area contributed by atoms with Gasteiger partial charge in [-0.1, -0.05) is 11.6 Å². The van der Waals surface area contributed by atoms with Crippen molar-refractivity contribution in [3.63, 3.8) is 0 Å². The summed E-state index contributed by atoms with van der Waals surface area (Å²) < 4.78 is 7.91. The molecule has 124 valence electrons. The van der Waals surface area contributed by atoms with Gasteiger partial charge in [-0.25, -0.2) is 4.68 Å². The molecular weight excluding hydrogens is 276 g/mol. The Labute approximate surface area is 134 Å². The van der Waals surface area contributed by atoms with E-state index in [1.54, 1.807) is 0 Å².